The quantitative estimate of drug-likeness (QED) is 0.789. The lowest BCUT2D eigenvalue weighted by molar-refractivity contribution is 0.195. The molecule has 1 N–H and O–H groups in total. The second-order valence-corrected chi connectivity index (χ2v) is 5.09. The van der Waals surface area contributed by atoms with Crippen LogP contribution < -0.4 is 5.32 Å². The fourth-order valence-electron chi connectivity index (χ4n) is 2.22. The van der Waals surface area contributed by atoms with E-state index >= 15 is 0 Å². The van der Waals surface area contributed by atoms with Crippen LogP contribution >= 0.6 is 22.6 Å². The zero-order valence-electron chi connectivity index (χ0n) is 9.24. The molecule has 0 radical (unpaired) electrons. The van der Waals surface area contributed by atoms with Gasteiger partial charge in [0.05, 0.1) is 6.04 Å². The maximum Gasteiger partial charge on any atom is 0.317 e. The highest BCUT2D eigenvalue weighted by molar-refractivity contribution is 14.1. The van der Waals surface area contributed by atoms with Crippen molar-refractivity contribution in [1.29, 1.82) is 0 Å². The third kappa shape index (κ3) is 2.16. The molecule has 16 heavy (non-hydrogen) atoms. The fraction of sp³-hybridized carbons (Fsp3) is 0.417. The van der Waals surface area contributed by atoms with E-state index < -0.39 is 0 Å². The number of nitrogens with one attached hydrogen (secondary N) is 1. The zero-order valence-corrected chi connectivity index (χ0v) is 11.4. The molecule has 1 unspecified atom stereocenters. The van der Waals surface area contributed by atoms with E-state index in [2.05, 4.69) is 40.0 Å². The molecule has 1 aromatic carbocycles. The van der Waals surface area contributed by atoms with Crippen molar-refractivity contribution >= 4 is 28.6 Å². The molecule has 0 aliphatic carbocycles. The summed E-state index contributed by atoms with van der Waals surface area (Å²) in [5.41, 5.74) is 1.27. The van der Waals surface area contributed by atoms with Crippen LogP contribution in [0.1, 0.15) is 24.4 Å². The number of nitrogens with zero attached hydrogens (tertiary/aromatic N) is 1. The van der Waals surface area contributed by atoms with Crippen molar-refractivity contribution < 1.29 is 4.79 Å². The molecule has 1 aliphatic rings. The summed E-state index contributed by atoms with van der Waals surface area (Å²) in [7, 11) is 1.69. The van der Waals surface area contributed by atoms with Crippen molar-refractivity contribution in [2.24, 2.45) is 0 Å². The molecule has 0 bridgehead atoms. The number of amides is 2. The van der Waals surface area contributed by atoms with Gasteiger partial charge in [-0.1, -0.05) is 18.2 Å². The second kappa shape index (κ2) is 5.03. The van der Waals surface area contributed by atoms with E-state index in [9.17, 15) is 4.79 Å². The summed E-state index contributed by atoms with van der Waals surface area (Å²) < 4.78 is 1.24. The van der Waals surface area contributed by atoms with E-state index in [1.807, 2.05) is 17.0 Å². The molecule has 2 amide bonds. The van der Waals surface area contributed by atoms with Crippen molar-refractivity contribution in [2.75, 3.05) is 13.6 Å². The maximum absolute atomic E-state index is 11.7. The van der Waals surface area contributed by atoms with Crippen LogP contribution in [0.15, 0.2) is 24.3 Å². The molecule has 86 valence electrons. The Morgan fingerprint density at radius 3 is 2.94 bits per heavy atom. The first-order valence-corrected chi connectivity index (χ1v) is 6.54. The summed E-state index contributed by atoms with van der Waals surface area (Å²) in [5.74, 6) is 0. The van der Waals surface area contributed by atoms with Gasteiger partial charge in [0.25, 0.3) is 0 Å². The van der Waals surface area contributed by atoms with Crippen LogP contribution in [0.4, 0.5) is 4.79 Å². The molecule has 1 aliphatic heterocycles. The number of rotatable bonds is 1. The van der Waals surface area contributed by atoms with Crippen LogP contribution in [-0.4, -0.2) is 24.5 Å². The van der Waals surface area contributed by atoms with Gasteiger partial charge in [0.15, 0.2) is 0 Å². The number of carbonyl (C=O) groups is 1. The summed E-state index contributed by atoms with van der Waals surface area (Å²) in [6.07, 6.45) is 2.15. The van der Waals surface area contributed by atoms with Crippen molar-refractivity contribution in [3.63, 3.8) is 0 Å². The van der Waals surface area contributed by atoms with Gasteiger partial charge >= 0.3 is 6.03 Å². The van der Waals surface area contributed by atoms with Gasteiger partial charge in [-0.3, -0.25) is 0 Å². The van der Waals surface area contributed by atoms with Crippen LogP contribution in [-0.2, 0) is 0 Å². The number of hydrogen-bond acceptors (Lipinski definition) is 1. The zero-order chi connectivity index (χ0) is 11.5. The first-order chi connectivity index (χ1) is 7.74. The van der Waals surface area contributed by atoms with Gasteiger partial charge in [-0.2, -0.15) is 0 Å². The average molecular weight is 330 g/mol. The van der Waals surface area contributed by atoms with Crippen molar-refractivity contribution in [3.8, 4) is 0 Å². The number of likely N-dealkylation sites (tertiary alicyclic amines) is 1. The normalized spacial score (nSPS) is 19.9. The van der Waals surface area contributed by atoms with E-state index in [1.165, 1.54) is 9.13 Å². The Balaban J connectivity index is 2.27. The lowest BCUT2D eigenvalue weighted by Crippen LogP contribution is -2.37. The second-order valence-electron chi connectivity index (χ2n) is 3.93. The Morgan fingerprint density at radius 1 is 1.50 bits per heavy atom. The number of carbonyl (C=O) groups excluding carboxylic acids is 1. The predicted molar refractivity (Wildman–Crippen MR) is 72.3 cm³/mol. The van der Waals surface area contributed by atoms with Crippen LogP contribution in [0.2, 0.25) is 0 Å². The molecule has 0 aromatic heterocycles. The number of hydrogen-bond donors (Lipinski definition) is 1. The van der Waals surface area contributed by atoms with Gasteiger partial charge in [-0.15, -0.1) is 0 Å². The molecule has 1 aromatic rings. The number of urea groups is 1. The molecule has 4 heteroatoms. The fourth-order valence-corrected chi connectivity index (χ4v) is 2.97. The van der Waals surface area contributed by atoms with Gasteiger partial charge in [0, 0.05) is 17.2 Å². The maximum atomic E-state index is 11.7. The minimum absolute atomic E-state index is 0.0298. The summed E-state index contributed by atoms with van der Waals surface area (Å²) in [5, 5.41) is 2.71. The smallest absolute Gasteiger partial charge is 0.317 e. The van der Waals surface area contributed by atoms with E-state index in [-0.39, 0.29) is 12.1 Å². The van der Waals surface area contributed by atoms with Gasteiger partial charge in [-0.25, -0.2) is 4.79 Å². The summed E-state index contributed by atoms with van der Waals surface area (Å²) in [4.78, 5) is 13.6. The molecule has 1 saturated heterocycles. The van der Waals surface area contributed by atoms with Crippen LogP contribution in [0.3, 0.4) is 0 Å². The molecule has 0 saturated carbocycles. The predicted octanol–water partition coefficient (Wildman–Crippen LogP) is 2.77. The number of halogens is 1. The summed E-state index contributed by atoms with van der Waals surface area (Å²) in [6, 6.07) is 8.56. The highest BCUT2D eigenvalue weighted by Crippen LogP contribution is 2.34. The summed E-state index contributed by atoms with van der Waals surface area (Å²) in [6.45, 7) is 0.856. The Kier molecular flexibility index (Phi) is 3.68. The third-order valence-corrected chi connectivity index (χ3v) is 3.97. The Morgan fingerprint density at radius 2 is 2.25 bits per heavy atom. The molecular weight excluding hydrogens is 315 g/mol. The van der Waals surface area contributed by atoms with Gasteiger partial charge in [0.2, 0.25) is 0 Å². The lowest BCUT2D eigenvalue weighted by atomic mass is 10.1. The molecule has 3 nitrogen and oxygen atoms in total. The van der Waals surface area contributed by atoms with Gasteiger partial charge in [0.1, 0.15) is 0 Å². The lowest BCUT2D eigenvalue weighted by Gasteiger charge is -2.25. The first-order valence-electron chi connectivity index (χ1n) is 5.47. The largest absolute Gasteiger partial charge is 0.341 e. The summed E-state index contributed by atoms with van der Waals surface area (Å²) >= 11 is 2.34. The monoisotopic (exact) mass is 330 g/mol. The Hall–Kier alpha value is -0.780. The van der Waals surface area contributed by atoms with Crippen LogP contribution in [0, 0.1) is 3.57 Å². The third-order valence-electron chi connectivity index (χ3n) is 2.99. The van der Waals surface area contributed by atoms with Crippen LogP contribution in [0.5, 0.6) is 0 Å². The standard InChI is InChI=1S/C12H15IN2O/c1-14-12(16)15-8-4-7-11(15)9-5-2-3-6-10(9)13/h2-3,5-6,11H,4,7-8H2,1H3,(H,14,16). The molecule has 0 spiro atoms. The SMILES string of the molecule is CNC(=O)N1CCCC1c1ccccc1I. The van der Waals surface area contributed by atoms with E-state index in [0.717, 1.165) is 19.4 Å². The van der Waals surface area contributed by atoms with E-state index in [1.54, 1.807) is 7.05 Å². The first kappa shape index (κ1) is 11.7. The average Bonchev–Trinajstić information content (AvgIpc) is 2.77. The molecule has 2 rings (SSSR count). The molecular formula is C12H15IN2O. The minimum atomic E-state index is 0.0298. The highest BCUT2D eigenvalue weighted by atomic mass is 127. The van der Waals surface area contributed by atoms with E-state index in [4.69, 9.17) is 0 Å². The minimum Gasteiger partial charge on any atom is -0.341 e. The highest BCUT2D eigenvalue weighted by Gasteiger charge is 2.30. The van der Waals surface area contributed by atoms with Crippen molar-refractivity contribution in [3.05, 3.63) is 33.4 Å². The molecule has 1 atom stereocenters. The number of benzene rings is 1. The Labute approximate surface area is 109 Å². The van der Waals surface area contributed by atoms with Gasteiger partial charge < -0.3 is 10.2 Å². The van der Waals surface area contributed by atoms with Crippen molar-refractivity contribution in [2.45, 2.75) is 18.9 Å². The topological polar surface area (TPSA) is 32.3 Å². The van der Waals surface area contributed by atoms with Gasteiger partial charge in [-0.05, 0) is 47.1 Å². The van der Waals surface area contributed by atoms with E-state index in [0.29, 0.717) is 0 Å². The molecule has 1 fully saturated rings. The Bertz CT molecular complexity index is 394. The molecule has 1 heterocycles. The van der Waals surface area contributed by atoms with Crippen LogP contribution in [0.25, 0.3) is 0 Å². The van der Waals surface area contributed by atoms with Crippen molar-refractivity contribution in [1.82, 2.24) is 10.2 Å².